The van der Waals surface area contributed by atoms with Crippen LogP contribution >= 0.6 is 35.0 Å². The minimum atomic E-state index is -0.923. The van der Waals surface area contributed by atoms with Gasteiger partial charge in [0.2, 0.25) is 0 Å². The van der Waals surface area contributed by atoms with Crippen molar-refractivity contribution < 1.29 is 9.90 Å². The van der Waals surface area contributed by atoms with Crippen LogP contribution in [-0.4, -0.2) is 11.1 Å². The average molecular weight is 313 g/mol. The lowest BCUT2D eigenvalue weighted by molar-refractivity contribution is 0.0696. The second-order valence-electron chi connectivity index (χ2n) is 3.83. The molecule has 0 fully saturated rings. The van der Waals surface area contributed by atoms with Crippen LogP contribution in [0.5, 0.6) is 0 Å². The van der Waals surface area contributed by atoms with Gasteiger partial charge in [-0.1, -0.05) is 41.4 Å². The fraction of sp³-hybridized carbons (Fsp3) is 0.0714. The highest BCUT2D eigenvalue weighted by atomic mass is 35.5. The molecule has 1 N–H and O–H groups in total. The molecule has 19 heavy (non-hydrogen) atoms. The van der Waals surface area contributed by atoms with Crippen molar-refractivity contribution in [1.82, 2.24) is 0 Å². The lowest BCUT2D eigenvalue weighted by atomic mass is 10.1. The molecule has 0 aliphatic heterocycles. The van der Waals surface area contributed by atoms with E-state index in [0.717, 1.165) is 10.5 Å². The first-order valence-corrected chi connectivity index (χ1v) is 7.21. The fourth-order valence-electron chi connectivity index (χ4n) is 1.60. The molecule has 0 aliphatic carbocycles. The van der Waals surface area contributed by atoms with Crippen LogP contribution in [-0.2, 0) is 5.75 Å². The van der Waals surface area contributed by atoms with Crippen LogP contribution in [0.3, 0.4) is 0 Å². The maximum absolute atomic E-state index is 11.1. The van der Waals surface area contributed by atoms with E-state index in [1.165, 1.54) is 11.8 Å². The summed E-state index contributed by atoms with van der Waals surface area (Å²) in [5, 5.41) is 10.3. The van der Waals surface area contributed by atoms with Crippen molar-refractivity contribution >= 4 is 40.9 Å². The summed E-state index contributed by atoms with van der Waals surface area (Å²) < 4.78 is 0. The molecule has 0 aromatic heterocycles. The van der Waals surface area contributed by atoms with Gasteiger partial charge in [-0.3, -0.25) is 0 Å². The third kappa shape index (κ3) is 3.66. The van der Waals surface area contributed by atoms with Gasteiger partial charge in [-0.15, -0.1) is 11.8 Å². The van der Waals surface area contributed by atoms with Gasteiger partial charge in [-0.25, -0.2) is 4.79 Å². The zero-order valence-corrected chi connectivity index (χ0v) is 12.1. The van der Waals surface area contributed by atoms with Crippen LogP contribution in [0.1, 0.15) is 15.9 Å². The van der Waals surface area contributed by atoms with Crippen molar-refractivity contribution in [2.24, 2.45) is 0 Å². The zero-order valence-electron chi connectivity index (χ0n) is 9.77. The standard InChI is InChI=1S/C14H10Cl2O2S/c15-10-5-6-12(16)13(7-10)19-8-9-3-1-2-4-11(9)14(17)18/h1-7H,8H2,(H,17,18). The Morgan fingerprint density at radius 1 is 1.16 bits per heavy atom. The quantitative estimate of drug-likeness (QED) is 0.809. The molecule has 0 atom stereocenters. The molecule has 98 valence electrons. The normalized spacial score (nSPS) is 10.4. The van der Waals surface area contributed by atoms with Gasteiger partial charge in [-0.05, 0) is 29.8 Å². The molecule has 0 bridgehead atoms. The van der Waals surface area contributed by atoms with Crippen molar-refractivity contribution in [2.45, 2.75) is 10.6 Å². The summed E-state index contributed by atoms with van der Waals surface area (Å²) in [4.78, 5) is 11.9. The monoisotopic (exact) mass is 312 g/mol. The second-order valence-corrected chi connectivity index (χ2v) is 5.69. The topological polar surface area (TPSA) is 37.3 Å². The Morgan fingerprint density at radius 2 is 1.89 bits per heavy atom. The zero-order chi connectivity index (χ0) is 13.8. The van der Waals surface area contributed by atoms with Crippen molar-refractivity contribution in [3.63, 3.8) is 0 Å². The third-order valence-electron chi connectivity index (χ3n) is 2.52. The molecule has 2 aromatic rings. The summed E-state index contributed by atoms with van der Waals surface area (Å²) >= 11 is 13.4. The number of carboxylic acids is 1. The highest BCUT2D eigenvalue weighted by molar-refractivity contribution is 7.98. The highest BCUT2D eigenvalue weighted by Gasteiger charge is 2.10. The molecule has 0 radical (unpaired) electrons. The van der Waals surface area contributed by atoms with E-state index in [-0.39, 0.29) is 0 Å². The van der Waals surface area contributed by atoms with Gasteiger partial charge in [0.05, 0.1) is 10.6 Å². The molecule has 0 heterocycles. The Morgan fingerprint density at radius 3 is 2.63 bits per heavy atom. The summed E-state index contributed by atoms with van der Waals surface area (Å²) in [5.41, 5.74) is 1.07. The summed E-state index contributed by atoms with van der Waals surface area (Å²) in [7, 11) is 0. The molecule has 0 saturated carbocycles. The van der Waals surface area contributed by atoms with Gasteiger partial charge in [0, 0.05) is 15.7 Å². The molecule has 2 rings (SSSR count). The first-order chi connectivity index (χ1) is 9.08. The van der Waals surface area contributed by atoms with Crippen molar-refractivity contribution in [2.75, 3.05) is 0 Å². The van der Waals surface area contributed by atoms with E-state index in [1.54, 1.807) is 36.4 Å². The van der Waals surface area contributed by atoms with Gasteiger partial charge in [-0.2, -0.15) is 0 Å². The molecular formula is C14H10Cl2O2S. The summed E-state index contributed by atoms with van der Waals surface area (Å²) in [6.45, 7) is 0. The SMILES string of the molecule is O=C(O)c1ccccc1CSc1cc(Cl)ccc1Cl. The van der Waals surface area contributed by atoms with E-state index in [9.17, 15) is 4.79 Å². The second kappa shape index (κ2) is 6.33. The minimum absolute atomic E-state index is 0.313. The lowest BCUT2D eigenvalue weighted by Gasteiger charge is -2.07. The predicted molar refractivity (Wildman–Crippen MR) is 79.4 cm³/mol. The van der Waals surface area contributed by atoms with Crippen molar-refractivity contribution in [3.05, 3.63) is 63.6 Å². The number of carboxylic acid groups (broad SMARTS) is 1. The number of hydrogen-bond donors (Lipinski definition) is 1. The number of thioether (sulfide) groups is 1. The lowest BCUT2D eigenvalue weighted by Crippen LogP contribution is -2.00. The Kier molecular flexibility index (Phi) is 4.75. The van der Waals surface area contributed by atoms with Gasteiger partial charge in [0.15, 0.2) is 0 Å². The summed E-state index contributed by atoms with van der Waals surface area (Å²) in [6.07, 6.45) is 0. The number of benzene rings is 2. The number of hydrogen-bond acceptors (Lipinski definition) is 2. The summed E-state index contributed by atoms with van der Waals surface area (Å²) in [6, 6.07) is 12.2. The molecule has 0 spiro atoms. The maximum atomic E-state index is 11.1. The predicted octanol–water partition coefficient (Wildman–Crippen LogP) is 4.98. The average Bonchev–Trinajstić information content (AvgIpc) is 2.40. The van der Waals surface area contributed by atoms with Gasteiger partial charge < -0.3 is 5.11 Å². The van der Waals surface area contributed by atoms with Crippen LogP contribution in [0, 0.1) is 0 Å². The smallest absolute Gasteiger partial charge is 0.335 e. The number of aromatic carboxylic acids is 1. The Balaban J connectivity index is 2.19. The van der Waals surface area contributed by atoms with E-state index >= 15 is 0 Å². The first kappa shape index (κ1) is 14.3. The molecule has 0 saturated heterocycles. The van der Waals surface area contributed by atoms with Crippen LogP contribution < -0.4 is 0 Å². The molecule has 0 amide bonds. The van der Waals surface area contributed by atoms with Gasteiger partial charge in [0.1, 0.15) is 0 Å². The third-order valence-corrected chi connectivity index (χ3v) is 4.31. The minimum Gasteiger partial charge on any atom is -0.478 e. The molecule has 0 aliphatic rings. The number of carbonyl (C=O) groups is 1. The Labute approximate surface area is 125 Å². The maximum Gasteiger partial charge on any atom is 0.335 e. The van der Waals surface area contributed by atoms with Gasteiger partial charge >= 0.3 is 5.97 Å². The summed E-state index contributed by atoms with van der Waals surface area (Å²) in [5.74, 6) is -0.392. The Hall–Kier alpha value is -1.16. The van der Waals surface area contributed by atoms with Crippen LogP contribution in [0.2, 0.25) is 10.0 Å². The van der Waals surface area contributed by atoms with Crippen LogP contribution in [0.25, 0.3) is 0 Å². The Bertz CT molecular complexity index is 614. The first-order valence-electron chi connectivity index (χ1n) is 5.47. The van der Waals surface area contributed by atoms with Crippen LogP contribution in [0.4, 0.5) is 0 Å². The largest absolute Gasteiger partial charge is 0.478 e. The molecule has 2 nitrogen and oxygen atoms in total. The molecule has 5 heteroatoms. The van der Waals surface area contributed by atoms with Crippen molar-refractivity contribution in [3.8, 4) is 0 Å². The van der Waals surface area contributed by atoms with Crippen LogP contribution in [0.15, 0.2) is 47.4 Å². The molecular weight excluding hydrogens is 303 g/mol. The van der Waals surface area contributed by atoms with E-state index in [1.807, 2.05) is 6.07 Å². The van der Waals surface area contributed by atoms with Gasteiger partial charge in [0.25, 0.3) is 0 Å². The number of rotatable bonds is 4. The van der Waals surface area contributed by atoms with E-state index < -0.39 is 5.97 Å². The highest BCUT2D eigenvalue weighted by Crippen LogP contribution is 2.32. The number of halogens is 2. The van der Waals surface area contributed by atoms with Crippen molar-refractivity contribution in [1.29, 1.82) is 0 Å². The van der Waals surface area contributed by atoms with E-state index in [4.69, 9.17) is 28.3 Å². The molecule has 2 aromatic carbocycles. The van der Waals surface area contributed by atoms with E-state index in [2.05, 4.69) is 0 Å². The molecule has 0 unspecified atom stereocenters. The van der Waals surface area contributed by atoms with E-state index in [0.29, 0.717) is 21.4 Å². The fourth-order valence-corrected chi connectivity index (χ4v) is 3.10.